The number of aromatic nitrogens is 2. The highest BCUT2D eigenvalue weighted by Crippen LogP contribution is 2.30. The average Bonchev–Trinajstić information content (AvgIpc) is 3.21. The minimum atomic E-state index is -0.512. The van der Waals surface area contributed by atoms with Crippen LogP contribution in [0.4, 0.5) is 0 Å². The average molecular weight is 469 g/mol. The summed E-state index contributed by atoms with van der Waals surface area (Å²) in [7, 11) is 0. The van der Waals surface area contributed by atoms with Crippen molar-refractivity contribution in [2.24, 2.45) is 0 Å². The molecule has 3 aromatic carbocycles. The molecule has 0 aliphatic carbocycles. The first-order valence-corrected chi connectivity index (χ1v) is 12.8. The Balaban J connectivity index is 1.25. The number of imidazole rings is 1. The number of fused-ring (bicyclic) bond motifs is 1. The predicted molar refractivity (Wildman–Crippen MR) is 142 cm³/mol. The number of hydrogen-bond acceptors (Lipinski definition) is 4. The standard InChI is InChI=1S/C30H36N4O/c1-3-16-34-23(2)31-27-21-26(14-15-28(27)34)29(35)22-32-17-19-33(20-18-32)30(24-10-6-4-7-11-24)25-12-8-5-9-13-25/h4-15,21,29-30,35H,3,16-20,22H2,1-2H3. The lowest BCUT2D eigenvalue weighted by atomic mass is 9.96. The second kappa shape index (κ2) is 10.7. The molecule has 1 fully saturated rings. The van der Waals surface area contributed by atoms with E-state index in [0.29, 0.717) is 6.54 Å². The molecule has 1 saturated heterocycles. The number of aryl methyl sites for hydroxylation is 2. The normalized spacial score (nSPS) is 16.2. The fraction of sp³-hybridized carbons (Fsp3) is 0.367. The molecule has 0 bridgehead atoms. The zero-order chi connectivity index (χ0) is 24.2. The quantitative estimate of drug-likeness (QED) is 0.386. The van der Waals surface area contributed by atoms with Crippen LogP contribution in [-0.2, 0) is 6.54 Å². The summed E-state index contributed by atoms with van der Waals surface area (Å²) in [6.45, 7) is 9.70. The van der Waals surface area contributed by atoms with Crippen LogP contribution in [0.25, 0.3) is 11.0 Å². The minimum absolute atomic E-state index is 0.258. The summed E-state index contributed by atoms with van der Waals surface area (Å²) in [6, 6.07) is 28.1. The van der Waals surface area contributed by atoms with Crippen LogP contribution in [-0.4, -0.2) is 57.2 Å². The summed E-state index contributed by atoms with van der Waals surface area (Å²) in [5.41, 5.74) is 5.75. The van der Waals surface area contributed by atoms with Crippen molar-refractivity contribution < 1.29 is 5.11 Å². The third kappa shape index (κ3) is 5.18. The highest BCUT2D eigenvalue weighted by molar-refractivity contribution is 5.77. The third-order valence-electron chi connectivity index (χ3n) is 7.23. The summed E-state index contributed by atoms with van der Waals surface area (Å²) in [5.74, 6) is 1.04. The number of β-amino-alcohol motifs (C(OH)–C–C–N with tert-alkyl or cyclic N) is 1. The maximum atomic E-state index is 11.1. The van der Waals surface area contributed by atoms with Crippen molar-refractivity contribution in [3.05, 3.63) is 101 Å². The van der Waals surface area contributed by atoms with E-state index < -0.39 is 6.10 Å². The topological polar surface area (TPSA) is 44.5 Å². The Kier molecular flexibility index (Phi) is 7.28. The van der Waals surface area contributed by atoms with Gasteiger partial charge in [0, 0.05) is 39.3 Å². The fourth-order valence-electron chi connectivity index (χ4n) is 5.42. The molecule has 0 saturated carbocycles. The highest BCUT2D eigenvalue weighted by Gasteiger charge is 2.27. The molecule has 0 amide bonds. The smallest absolute Gasteiger partial charge is 0.106 e. The molecule has 0 radical (unpaired) electrons. The van der Waals surface area contributed by atoms with E-state index in [0.717, 1.165) is 61.6 Å². The van der Waals surface area contributed by atoms with Crippen LogP contribution in [0.1, 0.15) is 48.0 Å². The first-order chi connectivity index (χ1) is 17.1. The van der Waals surface area contributed by atoms with E-state index in [-0.39, 0.29) is 6.04 Å². The zero-order valence-corrected chi connectivity index (χ0v) is 20.8. The Morgan fingerprint density at radius 1 is 0.829 bits per heavy atom. The van der Waals surface area contributed by atoms with Gasteiger partial charge in [-0.05, 0) is 42.2 Å². The molecule has 1 aromatic heterocycles. The van der Waals surface area contributed by atoms with Crippen LogP contribution in [0.2, 0.25) is 0 Å². The van der Waals surface area contributed by atoms with Gasteiger partial charge in [0.05, 0.1) is 23.2 Å². The number of nitrogens with zero attached hydrogens (tertiary/aromatic N) is 4. The molecule has 1 N–H and O–H groups in total. The van der Waals surface area contributed by atoms with Crippen molar-refractivity contribution in [1.82, 2.24) is 19.4 Å². The second-order valence-corrected chi connectivity index (χ2v) is 9.64. The van der Waals surface area contributed by atoms with Gasteiger partial charge in [0.25, 0.3) is 0 Å². The van der Waals surface area contributed by atoms with E-state index in [1.807, 2.05) is 0 Å². The van der Waals surface area contributed by atoms with Crippen molar-refractivity contribution in [2.45, 2.75) is 39.0 Å². The highest BCUT2D eigenvalue weighted by atomic mass is 16.3. The Bertz CT molecular complexity index is 1190. The fourth-order valence-corrected chi connectivity index (χ4v) is 5.42. The van der Waals surface area contributed by atoms with Gasteiger partial charge >= 0.3 is 0 Å². The molecule has 35 heavy (non-hydrogen) atoms. The molecule has 5 nitrogen and oxygen atoms in total. The minimum Gasteiger partial charge on any atom is -0.387 e. The summed E-state index contributed by atoms with van der Waals surface area (Å²) in [6.07, 6.45) is 0.569. The molecule has 1 atom stereocenters. The summed E-state index contributed by atoms with van der Waals surface area (Å²) in [4.78, 5) is 9.70. The monoisotopic (exact) mass is 468 g/mol. The van der Waals surface area contributed by atoms with Crippen LogP contribution in [0.5, 0.6) is 0 Å². The van der Waals surface area contributed by atoms with E-state index in [1.54, 1.807) is 0 Å². The van der Waals surface area contributed by atoms with Gasteiger partial charge < -0.3 is 9.67 Å². The van der Waals surface area contributed by atoms with E-state index >= 15 is 0 Å². The SMILES string of the molecule is CCCn1c(C)nc2cc(C(O)CN3CCN(C(c4ccccc4)c4ccccc4)CC3)ccc21. The number of piperazine rings is 1. The largest absolute Gasteiger partial charge is 0.387 e. The molecule has 1 aliphatic rings. The lowest BCUT2D eigenvalue weighted by Crippen LogP contribution is -2.48. The maximum absolute atomic E-state index is 11.1. The molecule has 5 rings (SSSR count). The van der Waals surface area contributed by atoms with Crippen LogP contribution < -0.4 is 0 Å². The summed E-state index contributed by atoms with van der Waals surface area (Å²) in [5, 5.41) is 11.1. The van der Waals surface area contributed by atoms with Gasteiger partial charge in [-0.2, -0.15) is 0 Å². The number of aliphatic hydroxyl groups is 1. The van der Waals surface area contributed by atoms with Crippen molar-refractivity contribution in [2.75, 3.05) is 32.7 Å². The Morgan fingerprint density at radius 3 is 2.06 bits per heavy atom. The van der Waals surface area contributed by atoms with E-state index in [4.69, 9.17) is 4.98 Å². The van der Waals surface area contributed by atoms with Crippen molar-refractivity contribution in [3.8, 4) is 0 Å². The van der Waals surface area contributed by atoms with E-state index in [9.17, 15) is 5.11 Å². The first kappa shape index (κ1) is 23.7. The molecule has 182 valence electrons. The van der Waals surface area contributed by atoms with Gasteiger partial charge in [0.1, 0.15) is 5.82 Å². The Hall–Kier alpha value is -2.99. The molecule has 5 heteroatoms. The molecular formula is C30H36N4O. The van der Waals surface area contributed by atoms with Crippen LogP contribution in [0.3, 0.4) is 0 Å². The number of hydrogen-bond donors (Lipinski definition) is 1. The van der Waals surface area contributed by atoms with Gasteiger partial charge in [-0.25, -0.2) is 4.98 Å². The van der Waals surface area contributed by atoms with Gasteiger partial charge in [0.15, 0.2) is 0 Å². The van der Waals surface area contributed by atoms with Crippen LogP contribution in [0, 0.1) is 6.92 Å². The van der Waals surface area contributed by atoms with Crippen molar-refractivity contribution in [3.63, 3.8) is 0 Å². The lowest BCUT2D eigenvalue weighted by Gasteiger charge is -2.40. The first-order valence-electron chi connectivity index (χ1n) is 12.8. The van der Waals surface area contributed by atoms with Crippen molar-refractivity contribution in [1.29, 1.82) is 0 Å². The zero-order valence-electron chi connectivity index (χ0n) is 20.8. The van der Waals surface area contributed by atoms with Gasteiger partial charge in [0.2, 0.25) is 0 Å². The molecule has 4 aromatic rings. The second-order valence-electron chi connectivity index (χ2n) is 9.64. The Morgan fingerprint density at radius 2 is 1.46 bits per heavy atom. The van der Waals surface area contributed by atoms with E-state index in [2.05, 4.69) is 107 Å². The van der Waals surface area contributed by atoms with Crippen LogP contribution >= 0.6 is 0 Å². The predicted octanol–water partition coefficient (Wildman–Crippen LogP) is 5.20. The molecule has 1 aliphatic heterocycles. The number of benzene rings is 3. The summed E-state index contributed by atoms with van der Waals surface area (Å²) >= 11 is 0. The number of rotatable bonds is 8. The molecule has 1 unspecified atom stereocenters. The molecule has 0 spiro atoms. The third-order valence-corrected chi connectivity index (χ3v) is 7.23. The molecule has 2 heterocycles. The van der Waals surface area contributed by atoms with E-state index in [1.165, 1.54) is 11.1 Å². The lowest BCUT2D eigenvalue weighted by molar-refractivity contribution is 0.0623. The van der Waals surface area contributed by atoms with Gasteiger partial charge in [-0.15, -0.1) is 0 Å². The Labute approximate surface area is 208 Å². The van der Waals surface area contributed by atoms with Gasteiger partial charge in [-0.3, -0.25) is 9.80 Å². The maximum Gasteiger partial charge on any atom is 0.106 e. The van der Waals surface area contributed by atoms with Crippen LogP contribution in [0.15, 0.2) is 78.9 Å². The van der Waals surface area contributed by atoms with Gasteiger partial charge in [-0.1, -0.05) is 73.7 Å². The summed E-state index contributed by atoms with van der Waals surface area (Å²) < 4.78 is 2.26. The molecular weight excluding hydrogens is 432 g/mol. The van der Waals surface area contributed by atoms with Crippen molar-refractivity contribution >= 4 is 11.0 Å². The number of aliphatic hydroxyl groups excluding tert-OH is 1.